The van der Waals surface area contributed by atoms with Crippen molar-refractivity contribution in [3.05, 3.63) is 0 Å². The summed E-state index contributed by atoms with van der Waals surface area (Å²) in [7, 11) is 0. The smallest absolute Gasteiger partial charge is 0.0466 e. The summed E-state index contributed by atoms with van der Waals surface area (Å²) in [5.41, 5.74) is 3.09. The maximum absolute atomic E-state index is 5.48. The molecule has 80 valence electrons. The third-order valence-electron chi connectivity index (χ3n) is 2.23. The van der Waals surface area contributed by atoms with E-state index < -0.39 is 0 Å². The third kappa shape index (κ3) is 6.02. The molecular weight excluding hydrogens is 164 g/mol. The lowest BCUT2D eigenvalue weighted by Gasteiger charge is -2.29. The van der Waals surface area contributed by atoms with Gasteiger partial charge in [0.25, 0.3) is 0 Å². The van der Waals surface area contributed by atoms with Gasteiger partial charge in [-0.25, -0.2) is 0 Å². The molecule has 3 nitrogen and oxygen atoms in total. The Hall–Kier alpha value is -0.120. The topological polar surface area (TPSA) is 47.3 Å². The molecule has 13 heavy (non-hydrogen) atoms. The Morgan fingerprint density at radius 2 is 2.00 bits per heavy atom. The third-order valence-corrected chi connectivity index (χ3v) is 2.23. The maximum atomic E-state index is 5.48. The number of hydrogen-bond acceptors (Lipinski definition) is 3. The second-order valence-electron chi connectivity index (χ2n) is 4.42. The van der Waals surface area contributed by atoms with Gasteiger partial charge in [0, 0.05) is 19.3 Å². The first-order chi connectivity index (χ1) is 6.02. The highest BCUT2D eigenvalue weighted by Gasteiger charge is 2.22. The van der Waals surface area contributed by atoms with Gasteiger partial charge in [-0.3, -0.25) is 11.3 Å². The summed E-state index contributed by atoms with van der Waals surface area (Å²) in [6, 6.07) is 0.368. The van der Waals surface area contributed by atoms with Crippen LogP contribution in [0.2, 0.25) is 0 Å². The average Bonchev–Trinajstić information content (AvgIpc) is 2.02. The molecule has 0 rings (SSSR count). The van der Waals surface area contributed by atoms with Crippen LogP contribution in [0, 0.1) is 5.41 Å². The molecule has 1 atom stereocenters. The number of hydrazine groups is 1. The van der Waals surface area contributed by atoms with E-state index in [2.05, 4.69) is 26.2 Å². The Morgan fingerprint density at radius 1 is 1.38 bits per heavy atom. The van der Waals surface area contributed by atoms with E-state index in [-0.39, 0.29) is 5.41 Å². The highest BCUT2D eigenvalue weighted by atomic mass is 16.5. The number of ether oxygens (including phenoxy) is 1. The van der Waals surface area contributed by atoms with E-state index in [1.165, 1.54) is 0 Å². The first kappa shape index (κ1) is 12.9. The Labute approximate surface area is 82.0 Å². The Balaban J connectivity index is 3.61. The number of nitrogens with one attached hydrogen (secondary N) is 1. The van der Waals surface area contributed by atoms with Crippen LogP contribution in [0.3, 0.4) is 0 Å². The minimum Gasteiger partial charge on any atom is -0.382 e. The fourth-order valence-corrected chi connectivity index (χ4v) is 1.30. The zero-order valence-electron chi connectivity index (χ0n) is 9.39. The molecule has 0 aliphatic rings. The molecule has 3 N–H and O–H groups in total. The molecule has 0 aromatic rings. The lowest BCUT2D eigenvalue weighted by molar-refractivity contribution is 0.133. The lowest BCUT2D eigenvalue weighted by atomic mass is 9.84. The molecule has 0 aromatic heterocycles. The summed E-state index contributed by atoms with van der Waals surface area (Å²) in [5, 5.41) is 0. The molecule has 0 aromatic carbocycles. The normalized spacial score (nSPS) is 14.5. The van der Waals surface area contributed by atoms with Gasteiger partial charge >= 0.3 is 0 Å². The molecule has 0 amide bonds. The molecule has 0 aliphatic heterocycles. The summed E-state index contributed by atoms with van der Waals surface area (Å²) >= 11 is 0. The summed E-state index contributed by atoms with van der Waals surface area (Å²) in [4.78, 5) is 0. The van der Waals surface area contributed by atoms with Crippen LogP contribution in [-0.4, -0.2) is 19.3 Å². The fourth-order valence-electron chi connectivity index (χ4n) is 1.30. The van der Waals surface area contributed by atoms with Gasteiger partial charge in [0.2, 0.25) is 0 Å². The minimum atomic E-state index is 0.223. The van der Waals surface area contributed by atoms with E-state index in [0.717, 1.165) is 26.1 Å². The van der Waals surface area contributed by atoms with Crippen molar-refractivity contribution in [1.29, 1.82) is 0 Å². The van der Waals surface area contributed by atoms with Gasteiger partial charge in [-0.05, 0) is 25.2 Å². The second kappa shape index (κ2) is 6.35. The SMILES string of the molecule is CCOCCCC(NN)C(C)(C)C. The van der Waals surface area contributed by atoms with Crippen LogP contribution in [0.25, 0.3) is 0 Å². The van der Waals surface area contributed by atoms with Crippen molar-refractivity contribution < 1.29 is 4.74 Å². The summed E-state index contributed by atoms with van der Waals surface area (Å²) < 4.78 is 5.27. The van der Waals surface area contributed by atoms with Gasteiger partial charge in [0.05, 0.1) is 0 Å². The molecular formula is C10H24N2O. The monoisotopic (exact) mass is 188 g/mol. The van der Waals surface area contributed by atoms with Crippen molar-refractivity contribution in [3.8, 4) is 0 Å². The molecule has 0 spiro atoms. The van der Waals surface area contributed by atoms with E-state index >= 15 is 0 Å². The standard InChI is InChI=1S/C10H24N2O/c1-5-13-8-6-7-9(12-11)10(2,3)4/h9,12H,5-8,11H2,1-4H3. The molecule has 1 unspecified atom stereocenters. The molecule has 0 radical (unpaired) electrons. The van der Waals surface area contributed by atoms with Crippen molar-refractivity contribution in [2.24, 2.45) is 11.3 Å². The zero-order chi connectivity index (χ0) is 10.3. The Bertz CT molecular complexity index is 121. The predicted octanol–water partition coefficient (Wildman–Crippen LogP) is 1.68. The molecule has 0 saturated heterocycles. The van der Waals surface area contributed by atoms with Crippen LogP contribution in [0.5, 0.6) is 0 Å². The minimum absolute atomic E-state index is 0.223. The average molecular weight is 188 g/mol. The largest absolute Gasteiger partial charge is 0.382 e. The van der Waals surface area contributed by atoms with Crippen LogP contribution in [-0.2, 0) is 4.74 Å². The zero-order valence-corrected chi connectivity index (χ0v) is 9.39. The molecule has 3 heteroatoms. The first-order valence-corrected chi connectivity index (χ1v) is 5.06. The van der Waals surface area contributed by atoms with Crippen molar-refractivity contribution in [2.75, 3.05) is 13.2 Å². The number of rotatable bonds is 6. The summed E-state index contributed by atoms with van der Waals surface area (Å²) in [6.07, 6.45) is 2.14. The van der Waals surface area contributed by atoms with Crippen LogP contribution in [0.1, 0.15) is 40.5 Å². The van der Waals surface area contributed by atoms with Crippen molar-refractivity contribution >= 4 is 0 Å². The summed E-state index contributed by atoms with van der Waals surface area (Å²) in [6.45, 7) is 10.2. The van der Waals surface area contributed by atoms with E-state index in [1.54, 1.807) is 0 Å². The van der Waals surface area contributed by atoms with Crippen LogP contribution in [0.15, 0.2) is 0 Å². The Kier molecular flexibility index (Phi) is 6.29. The Morgan fingerprint density at radius 3 is 2.38 bits per heavy atom. The van der Waals surface area contributed by atoms with Gasteiger partial charge in [0.1, 0.15) is 0 Å². The first-order valence-electron chi connectivity index (χ1n) is 5.06. The van der Waals surface area contributed by atoms with Gasteiger partial charge in [-0.15, -0.1) is 0 Å². The molecule has 0 bridgehead atoms. The highest BCUT2D eigenvalue weighted by Crippen LogP contribution is 2.21. The van der Waals surface area contributed by atoms with Gasteiger partial charge < -0.3 is 4.74 Å². The van der Waals surface area contributed by atoms with Crippen LogP contribution >= 0.6 is 0 Å². The molecule has 0 aliphatic carbocycles. The van der Waals surface area contributed by atoms with Gasteiger partial charge in [0.15, 0.2) is 0 Å². The molecule has 0 heterocycles. The number of hydrogen-bond donors (Lipinski definition) is 2. The van der Waals surface area contributed by atoms with Crippen molar-refractivity contribution in [2.45, 2.75) is 46.6 Å². The maximum Gasteiger partial charge on any atom is 0.0466 e. The quantitative estimate of drug-likeness (QED) is 0.379. The van der Waals surface area contributed by atoms with Crippen molar-refractivity contribution in [1.82, 2.24) is 5.43 Å². The van der Waals surface area contributed by atoms with Crippen molar-refractivity contribution in [3.63, 3.8) is 0 Å². The second-order valence-corrected chi connectivity index (χ2v) is 4.42. The van der Waals surface area contributed by atoms with Crippen LogP contribution in [0.4, 0.5) is 0 Å². The summed E-state index contributed by atoms with van der Waals surface area (Å²) in [5.74, 6) is 5.48. The molecule has 0 fully saturated rings. The lowest BCUT2D eigenvalue weighted by Crippen LogP contribution is -2.44. The van der Waals surface area contributed by atoms with Gasteiger partial charge in [-0.1, -0.05) is 20.8 Å². The van der Waals surface area contributed by atoms with Gasteiger partial charge in [-0.2, -0.15) is 0 Å². The van der Waals surface area contributed by atoms with E-state index in [1.807, 2.05) is 6.92 Å². The van der Waals surface area contributed by atoms with Crippen LogP contribution < -0.4 is 11.3 Å². The van der Waals surface area contributed by atoms with E-state index in [0.29, 0.717) is 6.04 Å². The number of nitrogens with two attached hydrogens (primary N) is 1. The van der Waals surface area contributed by atoms with E-state index in [4.69, 9.17) is 10.6 Å². The predicted molar refractivity (Wildman–Crippen MR) is 56.3 cm³/mol. The fraction of sp³-hybridized carbons (Fsp3) is 1.00. The molecule has 0 saturated carbocycles. The highest BCUT2D eigenvalue weighted by molar-refractivity contribution is 4.78. The van der Waals surface area contributed by atoms with E-state index in [9.17, 15) is 0 Å².